The number of hydrogen-bond acceptors (Lipinski definition) is 6. The van der Waals surface area contributed by atoms with Crippen molar-refractivity contribution in [2.24, 2.45) is 0 Å². The highest BCUT2D eigenvalue weighted by atomic mass is 35.5. The molecule has 9 heteroatoms. The summed E-state index contributed by atoms with van der Waals surface area (Å²) in [5.41, 5.74) is 0.272. The second-order valence-electron chi connectivity index (χ2n) is 5.42. The van der Waals surface area contributed by atoms with Crippen LogP contribution in [0.1, 0.15) is 22.4 Å². The summed E-state index contributed by atoms with van der Waals surface area (Å²) in [7, 11) is 0. The van der Waals surface area contributed by atoms with Crippen molar-refractivity contribution >= 4 is 35.1 Å². The Morgan fingerprint density at radius 3 is 2.58 bits per heavy atom. The molecule has 1 atom stereocenters. The Morgan fingerprint density at radius 2 is 1.81 bits per heavy atom. The molecule has 1 aromatic heterocycles. The minimum Gasteiger partial charge on any atom is -0.485 e. The van der Waals surface area contributed by atoms with Gasteiger partial charge < -0.3 is 13.9 Å². The number of fused-ring (bicyclic) bond motifs is 1. The Kier molecular flexibility index (Phi) is 4.40. The maximum atomic E-state index is 12.3. The zero-order valence-electron chi connectivity index (χ0n) is 13.1. The summed E-state index contributed by atoms with van der Waals surface area (Å²) < 4.78 is 16.9. The normalized spacial score (nSPS) is 15.5. The van der Waals surface area contributed by atoms with Gasteiger partial charge in [-0.15, -0.1) is 5.10 Å². The molecule has 1 aliphatic rings. The van der Waals surface area contributed by atoms with E-state index in [1.165, 1.54) is 18.2 Å². The van der Waals surface area contributed by atoms with Crippen LogP contribution in [0.25, 0.3) is 0 Å². The van der Waals surface area contributed by atoms with Crippen LogP contribution >= 0.6 is 23.2 Å². The van der Waals surface area contributed by atoms with Gasteiger partial charge in [0.05, 0.1) is 0 Å². The molecule has 1 N–H and O–H groups in total. The molecule has 26 heavy (non-hydrogen) atoms. The molecular formula is C17H11Cl2N3O4. The summed E-state index contributed by atoms with van der Waals surface area (Å²) in [5.74, 6) is 0.949. The minimum atomic E-state index is -0.566. The van der Waals surface area contributed by atoms with Crippen LogP contribution in [0.5, 0.6) is 11.5 Å². The molecule has 0 aliphatic carbocycles. The molecule has 0 radical (unpaired) electrons. The van der Waals surface area contributed by atoms with Gasteiger partial charge in [0.25, 0.3) is 11.8 Å². The van der Waals surface area contributed by atoms with Crippen molar-refractivity contribution in [3.05, 3.63) is 64.0 Å². The van der Waals surface area contributed by atoms with E-state index in [0.29, 0.717) is 21.5 Å². The quantitative estimate of drug-likeness (QED) is 0.721. The van der Waals surface area contributed by atoms with Crippen molar-refractivity contribution in [3.63, 3.8) is 0 Å². The number of ether oxygens (including phenoxy) is 2. The van der Waals surface area contributed by atoms with Crippen molar-refractivity contribution < 1.29 is 18.7 Å². The Hall–Kier alpha value is -2.77. The molecule has 4 rings (SSSR count). The third-order valence-corrected chi connectivity index (χ3v) is 4.01. The van der Waals surface area contributed by atoms with Gasteiger partial charge in [0.2, 0.25) is 6.10 Å². The fraction of sp³-hybridized carbons (Fsp3) is 0.118. The SMILES string of the molecule is O=C(Nc1nnc([C@H]2COc3ccccc3O2)o1)c1cc(Cl)cc(Cl)c1. The summed E-state index contributed by atoms with van der Waals surface area (Å²) >= 11 is 11.8. The fourth-order valence-electron chi connectivity index (χ4n) is 2.41. The van der Waals surface area contributed by atoms with Crippen molar-refractivity contribution in [2.45, 2.75) is 6.10 Å². The first-order chi connectivity index (χ1) is 12.6. The monoisotopic (exact) mass is 391 g/mol. The average molecular weight is 392 g/mol. The van der Waals surface area contributed by atoms with Crippen LogP contribution in [0, 0.1) is 0 Å². The van der Waals surface area contributed by atoms with Crippen molar-refractivity contribution in [1.29, 1.82) is 0 Å². The first-order valence-corrected chi connectivity index (χ1v) is 8.33. The summed E-state index contributed by atoms with van der Waals surface area (Å²) in [6.07, 6.45) is -0.566. The highest BCUT2D eigenvalue weighted by molar-refractivity contribution is 6.35. The zero-order chi connectivity index (χ0) is 18.1. The average Bonchev–Trinajstić information content (AvgIpc) is 3.09. The molecule has 0 saturated carbocycles. The van der Waals surface area contributed by atoms with E-state index in [0.717, 1.165) is 0 Å². The molecule has 0 saturated heterocycles. The molecule has 2 heterocycles. The maximum Gasteiger partial charge on any atom is 0.322 e. The van der Waals surface area contributed by atoms with E-state index in [-0.39, 0.29) is 24.1 Å². The van der Waals surface area contributed by atoms with Crippen molar-refractivity contribution in [1.82, 2.24) is 10.2 Å². The first-order valence-electron chi connectivity index (χ1n) is 7.58. The smallest absolute Gasteiger partial charge is 0.322 e. The second kappa shape index (κ2) is 6.86. The van der Waals surface area contributed by atoms with E-state index < -0.39 is 12.0 Å². The Bertz CT molecular complexity index is 956. The molecule has 132 valence electrons. The molecule has 1 amide bonds. The molecule has 1 aliphatic heterocycles. The van der Waals surface area contributed by atoms with Gasteiger partial charge in [-0.25, -0.2) is 0 Å². The molecule has 0 spiro atoms. The lowest BCUT2D eigenvalue weighted by Gasteiger charge is -2.23. The number of para-hydroxylation sites is 2. The summed E-state index contributed by atoms with van der Waals surface area (Å²) in [6, 6.07) is 11.7. The standard InChI is InChI=1S/C17H11Cl2N3O4/c18-10-5-9(6-11(19)7-10)15(23)20-17-22-21-16(26-17)14-8-24-12-3-1-2-4-13(12)25-14/h1-7,14H,8H2,(H,20,22,23)/t14-/m1/s1. The number of nitrogens with one attached hydrogen (secondary N) is 1. The number of carbonyl (C=O) groups excluding carboxylic acids is 1. The van der Waals surface area contributed by atoms with Gasteiger partial charge in [-0.2, -0.15) is 0 Å². The van der Waals surface area contributed by atoms with Gasteiger partial charge in [0, 0.05) is 15.6 Å². The van der Waals surface area contributed by atoms with Gasteiger partial charge in [-0.05, 0) is 30.3 Å². The lowest BCUT2D eigenvalue weighted by atomic mass is 10.2. The summed E-state index contributed by atoms with van der Waals surface area (Å²) in [5, 5.41) is 10.9. The lowest BCUT2D eigenvalue weighted by molar-refractivity contribution is 0.0716. The van der Waals surface area contributed by atoms with E-state index in [2.05, 4.69) is 15.5 Å². The number of amides is 1. The van der Waals surface area contributed by atoms with E-state index >= 15 is 0 Å². The van der Waals surface area contributed by atoms with Crippen LogP contribution in [-0.4, -0.2) is 22.7 Å². The number of carbonyl (C=O) groups is 1. The molecular weight excluding hydrogens is 381 g/mol. The zero-order valence-corrected chi connectivity index (χ0v) is 14.6. The Balaban J connectivity index is 1.47. The number of rotatable bonds is 3. The predicted octanol–water partition coefficient (Wildman–Crippen LogP) is 4.14. The van der Waals surface area contributed by atoms with Gasteiger partial charge in [0.1, 0.15) is 6.61 Å². The third-order valence-electron chi connectivity index (χ3n) is 3.57. The van der Waals surface area contributed by atoms with Gasteiger partial charge in [-0.1, -0.05) is 40.4 Å². The lowest BCUT2D eigenvalue weighted by Crippen LogP contribution is -2.21. The Morgan fingerprint density at radius 1 is 1.08 bits per heavy atom. The summed E-state index contributed by atoms with van der Waals surface area (Å²) in [6.45, 7) is 0.219. The molecule has 0 bridgehead atoms. The third kappa shape index (κ3) is 3.44. The topological polar surface area (TPSA) is 86.5 Å². The molecule has 0 unspecified atom stereocenters. The summed E-state index contributed by atoms with van der Waals surface area (Å²) in [4.78, 5) is 12.3. The highest BCUT2D eigenvalue weighted by Gasteiger charge is 2.27. The van der Waals surface area contributed by atoms with Crippen molar-refractivity contribution in [3.8, 4) is 11.5 Å². The van der Waals surface area contributed by atoms with Gasteiger partial charge in [0.15, 0.2) is 11.5 Å². The number of halogens is 2. The van der Waals surface area contributed by atoms with Crippen LogP contribution in [0.4, 0.5) is 6.01 Å². The highest BCUT2D eigenvalue weighted by Crippen LogP contribution is 2.35. The van der Waals surface area contributed by atoms with Crippen LogP contribution in [0.3, 0.4) is 0 Å². The van der Waals surface area contributed by atoms with E-state index in [1.807, 2.05) is 12.1 Å². The van der Waals surface area contributed by atoms with Gasteiger partial charge >= 0.3 is 6.01 Å². The first kappa shape index (κ1) is 16.7. The molecule has 7 nitrogen and oxygen atoms in total. The van der Waals surface area contributed by atoms with Crippen molar-refractivity contribution in [2.75, 3.05) is 11.9 Å². The predicted molar refractivity (Wildman–Crippen MR) is 94.0 cm³/mol. The van der Waals surface area contributed by atoms with Crippen LogP contribution in [0.2, 0.25) is 10.0 Å². The number of aromatic nitrogens is 2. The number of hydrogen-bond donors (Lipinski definition) is 1. The second-order valence-corrected chi connectivity index (χ2v) is 6.29. The molecule has 3 aromatic rings. The van der Waals surface area contributed by atoms with Crippen LogP contribution in [0.15, 0.2) is 46.9 Å². The van der Waals surface area contributed by atoms with Gasteiger partial charge in [-0.3, -0.25) is 10.1 Å². The van der Waals surface area contributed by atoms with Crippen LogP contribution in [-0.2, 0) is 0 Å². The van der Waals surface area contributed by atoms with E-state index in [1.54, 1.807) is 12.1 Å². The molecule has 2 aromatic carbocycles. The Labute approximate surface area is 157 Å². The van der Waals surface area contributed by atoms with Crippen LogP contribution < -0.4 is 14.8 Å². The molecule has 0 fully saturated rings. The largest absolute Gasteiger partial charge is 0.485 e. The van der Waals surface area contributed by atoms with E-state index in [9.17, 15) is 4.79 Å². The fourth-order valence-corrected chi connectivity index (χ4v) is 2.94. The van der Waals surface area contributed by atoms with E-state index in [4.69, 9.17) is 37.1 Å². The minimum absolute atomic E-state index is 0.0662. The number of anilines is 1. The number of nitrogens with zero attached hydrogens (tertiary/aromatic N) is 2. The number of benzene rings is 2. The maximum absolute atomic E-state index is 12.3.